The van der Waals surface area contributed by atoms with E-state index < -0.39 is 5.92 Å². The quantitative estimate of drug-likeness (QED) is 0.254. The van der Waals surface area contributed by atoms with Crippen molar-refractivity contribution in [3.8, 4) is 0 Å². The van der Waals surface area contributed by atoms with E-state index in [0.29, 0.717) is 13.0 Å². The average Bonchev–Trinajstić information content (AvgIpc) is 2.34. The summed E-state index contributed by atoms with van der Waals surface area (Å²) in [6.07, 6.45) is 2.12. The van der Waals surface area contributed by atoms with Crippen LogP contribution in [0.3, 0.4) is 0 Å². The maximum atomic E-state index is 11.9. The first kappa shape index (κ1) is 15.7. The number of carbonyl (C=O) groups is 1. The highest BCUT2D eigenvalue weighted by Gasteiger charge is 2.24. The third-order valence-corrected chi connectivity index (χ3v) is 2.57. The second-order valence-corrected chi connectivity index (χ2v) is 3.94. The molecule has 0 aromatic heterocycles. The highest BCUT2D eigenvalue weighted by molar-refractivity contribution is 6.02. The van der Waals surface area contributed by atoms with Crippen molar-refractivity contribution in [2.75, 3.05) is 13.7 Å². The molecule has 0 spiro atoms. The molecule has 0 aliphatic carbocycles. The molecular weight excluding hydrogens is 222 g/mol. The number of ether oxygens (including phenoxy) is 1. The lowest BCUT2D eigenvalue weighted by Crippen LogP contribution is -2.45. The van der Waals surface area contributed by atoms with Gasteiger partial charge >= 0.3 is 0 Å². The highest BCUT2D eigenvalue weighted by Crippen LogP contribution is 2.08. The molecule has 0 heterocycles. The van der Waals surface area contributed by atoms with Crippen molar-refractivity contribution in [3.05, 3.63) is 0 Å². The predicted molar refractivity (Wildman–Crippen MR) is 65.9 cm³/mol. The smallest absolute Gasteiger partial charge is 0.231 e. The molecule has 0 radical (unpaired) electrons. The van der Waals surface area contributed by atoms with Crippen LogP contribution >= 0.6 is 0 Å². The Bertz CT molecular complexity index is 256. The van der Waals surface area contributed by atoms with Crippen LogP contribution < -0.4 is 11.1 Å². The molecule has 4 N–H and O–H groups in total. The number of hydrogen-bond acceptors (Lipinski definition) is 4. The molecule has 0 aliphatic rings. The molecule has 0 fully saturated rings. The Balaban J connectivity index is 4.50. The van der Waals surface area contributed by atoms with Crippen molar-refractivity contribution >= 4 is 11.7 Å². The van der Waals surface area contributed by atoms with Gasteiger partial charge in [0.2, 0.25) is 5.91 Å². The Kier molecular flexibility index (Phi) is 8.13. The van der Waals surface area contributed by atoms with Crippen LogP contribution in [0.1, 0.15) is 33.1 Å². The number of nitrogens with zero attached hydrogens (tertiary/aromatic N) is 1. The number of oxime groups is 1. The summed E-state index contributed by atoms with van der Waals surface area (Å²) in [5.41, 5.74) is 5.50. The Morgan fingerprint density at radius 3 is 2.59 bits per heavy atom. The van der Waals surface area contributed by atoms with Gasteiger partial charge in [0.1, 0.15) is 0 Å². The summed E-state index contributed by atoms with van der Waals surface area (Å²) in [5, 5.41) is 14.4. The number of rotatable bonds is 8. The van der Waals surface area contributed by atoms with Crippen molar-refractivity contribution in [2.45, 2.75) is 39.2 Å². The van der Waals surface area contributed by atoms with E-state index in [2.05, 4.69) is 10.5 Å². The predicted octanol–water partition coefficient (Wildman–Crippen LogP) is 0.690. The number of carbonyl (C=O) groups excluding carboxylic acids is 1. The number of nitrogens with two attached hydrogens (primary N) is 1. The van der Waals surface area contributed by atoms with E-state index in [-0.39, 0.29) is 17.8 Å². The minimum atomic E-state index is -0.573. The monoisotopic (exact) mass is 245 g/mol. The SMILES string of the molecule is CCCC(C(=O)NC(CC)COC)C(N)=NO. The van der Waals surface area contributed by atoms with Gasteiger partial charge < -0.3 is 21.0 Å². The summed E-state index contributed by atoms with van der Waals surface area (Å²) in [6.45, 7) is 4.36. The second kappa shape index (κ2) is 8.81. The number of nitrogens with one attached hydrogen (secondary N) is 1. The van der Waals surface area contributed by atoms with Gasteiger partial charge in [0.15, 0.2) is 5.84 Å². The summed E-state index contributed by atoms with van der Waals surface area (Å²) < 4.78 is 5.00. The molecular formula is C11H23N3O3. The minimum Gasteiger partial charge on any atom is -0.409 e. The van der Waals surface area contributed by atoms with Crippen LogP contribution in [0.4, 0.5) is 0 Å². The van der Waals surface area contributed by atoms with E-state index in [4.69, 9.17) is 15.7 Å². The molecule has 0 aromatic carbocycles. The molecule has 0 aromatic rings. The minimum absolute atomic E-state index is 0.0432. The first-order valence-corrected chi connectivity index (χ1v) is 5.87. The molecule has 0 saturated heterocycles. The molecule has 6 heteroatoms. The third-order valence-electron chi connectivity index (χ3n) is 2.57. The van der Waals surface area contributed by atoms with Crippen LogP contribution in [-0.2, 0) is 9.53 Å². The normalized spacial score (nSPS) is 15.4. The van der Waals surface area contributed by atoms with Crippen molar-refractivity contribution in [3.63, 3.8) is 0 Å². The van der Waals surface area contributed by atoms with Gasteiger partial charge in [0.25, 0.3) is 0 Å². The maximum Gasteiger partial charge on any atom is 0.231 e. The van der Waals surface area contributed by atoms with Crippen LogP contribution in [0, 0.1) is 5.92 Å². The van der Waals surface area contributed by atoms with Crippen molar-refractivity contribution in [1.29, 1.82) is 0 Å². The van der Waals surface area contributed by atoms with Crippen molar-refractivity contribution in [1.82, 2.24) is 5.32 Å². The van der Waals surface area contributed by atoms with Gasteiger partial charge in [-0.15, -0.1) is 0 Å². The average molecular weight is 245 g/mol. The molecule has 2 atom stereocenters. The molecule has 0 aliphatic heterocycles. The molecule has 0 saturated carbocycles. The first-order valence-electron chi connectivity index (χ1n) is 5.87. The van der Waals surface area contributed by atoms with E-state index in [9.17, 15) is 4.79 Å². The number of amides is 1. The van der Waals surface area contributed by atoms with Gasteiger partial charge in [-0.3, -0.25) is 4.79 Å². The van der Waals surface area contributed by atoms with Crippen LogP contribution in [0.25, 0.3) is 0 Å². The molecule has 0 bridgehead atoms. The van der Waals surface area contributed by atoms with Crippen LogP contribution in [-0.4, -0.2) is 36.7 Å². The van der Waals surface area contributed by atoms with E-state index >= 15 is 0 Å². The highest BCUT2D eigenvalue weighted by atomic mass is 16.5. The summed E-state index contributed by atoms with van der Waals surface area (Å²) >= 11 is 0. The fourth-order valence-corrected chi connectivity index (χ4v) is 1.54. The van der Waals surface area contributed by atoms with E-state index in [1.165, 1.54) is 0 Å². The maximum absolute atomic E-state index is 11.9. The molecule has 100 valence electrons. The number of methoxy groups -OCH3 is 1. The third kappa shape index (κ3) is 5.53. The van der Waals surface area contributed by atoms with E-state index in [0.717, 1.165) is 12.8 Å². The Morgan fingerprint density at radius 1 is 1.53 bits per heavy atom. The van der Waals surface area contributed by atoms with Gasteiger partial charge in [-0.25, -0.2) is 0 Å². The van der Waals surface area contributed by atoms with Gasteiger partial charge in [0.05, 0.1) is 18.6 Å². The molecule has 6 nitrogen and oxygen atoms in total. The fourth-order valence-electron chi connectivity index (χ4n) is 1.54. The van der Waals surface area contributed by atoms with Gasteiger partial charge in [-0.2, -0.15) is 0 Å². The van der Waals surface area contributed by atoms with E-state index in [1.807, 2.05) is 13.8 Å². The topological polar surface area (TPSA) is 96.9 Å². The number of hydrogen-bond donors (Lipinski definition) is 3. The fraction of sp³-hybridized carbons (Fsp3) is 0.818. The zero-order chi connectivity index (χ0) is 13.3. The molecule has 1 amide bonds. The standard InChI is InChI=1S/C11H23N3O3/c1-4-6-9(10(12)14-16)11(15)13-8(5-2)7-17-3/h8-9,16H,4-7H2,1-3H3,(H2,12,14)(H,13,15). The summed E-state index contributed by atoms with van der Waals surface area (Å²) in [6, 6.07) is -0.0432. The zero-order valence-corrected chi connectivity index (χ0v) is 10.8. The summed E-state index contributed by atoms with van der Waals surface area (Å²) in [4.78, 5) is 11.9. The molecule has 0 rings (SSSR count). The number of amidine groups is 1. The van der Waals surface area contributed by atoms with Crippen LogP contribution in [0.2, 0.25) is 0 Å². The second-order valence-electron chi connectivity index (χ2n) is 3.94. The van der Waals surface area contributed by atoms with Gasteiger partial charge in [-0.05, 0) is 12.8 Å². The van der Waals surface area contributed by atoms with Gasteiger partial charge in [-0.1, -0.05) is 25.4 Å². The lowest BCUT2D eigenvalue weighted by atomic mass is 10.0. The zero-order valence-electron chi connectivity index (χ0n) is 10.8. The Labute approximate surface area is 102 Å². The van der Waals surface area contributed by atoms with Crippen molar-refractivity contribution in [2.24, 2.45) is 16.8 Å². The lowest BCUT2D eigenvalue weighted by molar-refractivity contribution is -0.124. The Morgan fingerprint density at radius 2 is 2.18 bits per heavy atom. The molecule has 17 heavy (non-hydrogen) atoms. The van der Waals surface area contributed by atoms with Gasteiger partial charge in [0, 0.05) is 7.11 Å². The largest absolute Gasteiger partial charge is 0.409 e. The van der Waals surface area contributed by atoms with Crippen LogP contribution in [0.15, 0.2) is 5.16 Å². The Hall–Kier alpha value is -1.30. The van der Waals surface area contributed by atoms with Crippen LogP contribution in [0.5, 0.6) is 0 Å². The summed E-state index contributed by atoms with van der Waals surface area (Å²) in [7, 11) is 1.59. The summed E-state index contributed by atoms with van der Waals surface area (Å²) in [5.74, 6) is -0.835. The first-order chi connectivity index (χ1) is 8.10. The van der Waals surface area contributed by atoms with E-state index in [1.54, 1.807) is 7.11 Å². The molecule has 2 unspecified atom stereocenters. The van der Waals surface area contributed by atoms with Crippen molar-refractivity contribution < 1.29 is 14.7 Å². The lowest BCUT2D eigenvalue weighted by Gasteiger charge is -2.20.